The van der Waals surface area contributed by atoms with Gasteiger partial charge in [-0.3, -0.25) is 4.79 Å². The molecule has 0 radical (unpaired) electrons. The Bertz CT molecular complexity index is 605. The van der Waals surface area contributed by atoms with Gasteiger partial charge in [0.1, 0.15) is 0 Å². The molecule has 19 heavy (non-hydrogen) atoms. The zero-order chi connectivity index (χ0) is 14.0. The number of aliphatic carboxylic acids is 1. The van der Waals surface area contributed by atoms with Crippen molar-refractivity contribution in [1.29, 1.82) is 0 Å². The second kappa shape index (κ2) is 5.90. The van der Waals surface area contributed by atoms with Gasteiger partial charge >= 0.3 is 5.97 Å². The van der Waals surface area contributed by atoms with Crippen LogP contribution in [0.2, 0.25) is 10.0 Å². The van der Waals surface area contributed by atoms with Gasteiger partial charge in [-0.25, -0.2) is 4.98 Å². The van der Waals surface area contributed by atoms with E-state index in [0.717, 1.165) is 21.1 Å². The molecule has 0 saturated heterocycles. The molecular formula is C13H11Cl2NO2S. The maximum atomic E-state index is 10.7. The molecule has 0 spiro atoms. The van der Waals surface area contributed by atoms with Crippen molar-refractivity contribution in [2.45, 2.75) is 19.8 Å². The molecule has 2 aromatic rings. The number of aryl methyl sites for hydroxylation is 1. The van der Waals surface area contributed by atoms with E-state index >= 15 is 0 Å². The Labute approximate surface area is 124 Å². The van der Waals surface area contributed by atoms with Crippen LogP contribution in [-0.4, -0.2) is 16.1 Å². The summed E-state index contributed by atoms with van der Waals surface area (Å²) in [6.07, 6.45) is 0.517. The summed E-state index contributed by atoms with van der Waals surface area (Å²) in [5.41, 5.74) is 1.58. The Kier molecular flexibility index (Phi) is 4.45. The summed E-state index contributed by atoms with van der Waals surface area (Å²) in [6.45, 7) is 1.81. The van der Waals surface area contributed by atoms with Crippen LogP contribution < -0.4 is 0 Å². The highest BCUT2D eigenvalue weighted by molar-refractivity contribution is 7.11. The van der Waals surface area contributed by atoms with E-state index in [4.69, 9.17) is 28.3 Å². The molecule has 2 rings (SSSR count). The van der Waals surface area contributed by atoms with E-state index in [2.05, 4.69) is 4.98 Å². The van der Waals surface area contributed by atoms with E-state index in [-0.39, 0.29) is 6.42 Å². The second-order valence-corrected chi connectivity index (χ2v) is 6.05. The van der Waals surface area contributed by atoms with Gasteiger partial charge in [-0.1, -0.05) is 29.3 Å². The Hall–Kier alpha value is -1.10. The Morgan fingerprint density at radius 1 is 1.37 bits per heavy atom. The van der Waals surface area contributed by atoms with Crippen molar-refractivity contribution < 1.29 is 9.90 Å². The molecule has 0 aliphatic carbocycles. The van der Waals surface area contributed by atoms with Gasteiger partial charge in [-0.2, -0.15) is 0 Å². The number of halogens is 2. The van der Waals surface area contributed by atoms with Gasteiger partial charge in [-0.15, -0.1) is 11.3 Å². The third kappa shape index (κ3) is 3.47. The van der Waals surface area contributed by atoms with E-state index in [1.54, 1.807) is 18.2 Å². The number of aromatic nitrogens is 1. The molecule has 0 aliphatic rings. The zero-order valence-corrected chi connectivity index (χ0v) is 12.4. The van der Waals surface area contributed by atoms with Crippen LogP contribution in [0, 0.1) is 6.92 Å². The fourth-order valence-electron chi connectivity index (χ4n) is 1.72. The summed E-state index contributed by atoms with van der Waals surface area (Å²) in [4.78, 5) is 15.9. The predicted molar refractivity (Wildman–Crippen MR) is 77.5 cm³/mol. The van der Waals surface area contributed by atoms with Gasteiger partial charge < -0.3 is 5.11 Å². The lowest BCUT2D eigenvalue weighted by Crippen LogP contribution is -1.99. The van der Waals surface area contributed by atoms with Crippen LogP contribution in [0.25, 0.3) is 0 Å². The molecule has 1 aromatic carbocycles. The van der Waals surface area contributed by atoms with Crippen molar-refractivity contribution in [1.82, 2.24) is 4.98 Å². The first-order valence-corrected chi connectivity index (χ1v) is 7.14. The number of carboxylic acid groups (broad SMARTS) is 1. The van der Waals surface area contributed by atoms with Crippen LogP contribution in [0.4, 0.5) is 0 Å². The summed E-state index contributed by atoms with van der Waals surface area (Å²) in [7, 11) is 0. The predicted octanol–water partition coefficient (Wildman–Crippen LogP) is 3.98. The number of hydrogen-bond donors (Lipinski definition) is 1. The highest BCUT2D eigenvalue weighted by Crippen LogP contribution is 2.29. The quantitative estimate of drug-likeness (QED) is 0.928. The lowest BCUT2D eigenvalue weighted by Gasteiger charge is -2.04. The van der Waals surface area contributed by atoms with Crippen LogP contribution in [0.1, 0.15) is 21.1 Å². The molecule has 100 valence electrons. The average Bonchev–Trinajstić information content (AvgIpc) is 2.64. The molecule has 0 bridgehead atoms. The molecular weight excluding hydrogens is 305 g/mol. The van der Waals surface area contributed by atoms with Gasteiger partial charge in [-0.05, 0) is 24.6 Å². The fourth-order valence-corrected chi connectivity index (χ4v) is 3.32. The zero-order valence-electron chi connectivity index (χ0n) is 10.1. The van der Waals surface area contributed by atoms with Gasteiger partial charge in [0.25, 0.3) is 0 Å². The molecule has 1 N–H and O–H groups in total. The standard InChI is InChI=1S/C13H11Cl2NO2S/c1-7-11(6-13(17)18)19-12(16-7)5-8-9(14)3-2-4-10(8)15/h2-4H,5-6H2,1H3,(H,17,18). The third-order valence-electron chi connectivity index (χ3n) is 2.64. The van der Waals surface area contributed by atoms with Crippen LogP contribution >= 0.6 is 34.5 Å². The van der Waals surface area contributed by atoms with Crippen molar-refractivity contribution in [2.24, 2.45) is 0 Å². The fraction of sp³-hybridized carbons (Fsp3) is 0.231. The van der Waals surface area contributed by atoms with Crippen molar-refractivity contribution >= 4 is 40.5 Å². The van der Waals surface area contributed by atoms with Crippen LogP contribution in [0.3, 0.4) is 0 Å². The number of rotatable bonds is 4. The van der Waals surface area contributed by atoms with E-state index in [1.165, 1.54) is 11.3 Å². The van der Waals surface area contributed by atoms with Gasteiger partial charge in [0.2, 0.25) is 0 Å². The monoisotopic (exact) mass is 315 g/mol. The number of carboxylic acids is 1. The molecule has 3 nitrogen and oxygen atoms in total. The van der Waals surface area contributed by atoms with Crippen molar-refractivity contribution in [3.63, 3.8) is 0 Å². The molecule has 0 fully saturated rings. The minimum absolute atomic E-state index is 0.000244. The highest BCUT2D eigenvalue weighted by atomic mass is 35.5. The maximum Gasteiger partial charge on any atom is 0.308 e. The second-order valence-electron chi connectivity index (χ2n) is 4.06. The molecule has 0 unspecified atom stereocenters. The smallest absolute Gasteiger partial charge is 0.308 e. The topological polar surface area (TPSA) is 50.2 Å². The number of thiazole rings is 1. The Morgan fingerprint density at radius 2 is 2.00 bits per heavy atom. The summed E-state index contributed by atoms with van der Waals surface area (Å²) in [6, 6.07) is 5.35. The largest absolute Gasteiger partial charge is 0.481 e. The summed E-state index contributed by atoms with van der Waals surface area (Å²) < 4.78 is 0. The maximum absolute atomic E-state index is 10.7. The molecule has 1 heterocycles. The number of hydrogen-bond acceptors (Lipinski definition) is 3. The van der Waals surface area contributed by atoms with Crippen LogP contribution in [0.15, 0.2) is 18.2 Å². The first kappa shape index (κ1) is 14.3. The van der Waals surface area contributed by atoms with Gasteiger partial charge in [0.05, 0.1) is 17.1 Å². The summed E-state index contributed by atoms with van der Waals surface area (Å²) in [5.74, 6) is -0.853. The van der Waals surface area contributed by atoms with Crippen molar-refractivity contribution in [3.05, 3.63) is 49.4 Å². The minimum atomic E-state index is -0.853. The number of nitrogens with zero attached hydrogens (tertiary/aromatic N) is 1. The van der Waals surface area contributed by atoms with Crippen LogP contribution in [-0.2, 0) is 17.6 Å². The first-order chi connectivity index (χ1) is 8.97. The molecule has 0 saturated carbocycles. The molecule has 0 atom stereocenters. The lowest BCUT2D eigenvalue weighted by atomic mass is 10.1. The average molecular weight is 316 g/mol. The third-order valence-corrected chi connectivity index (χ3v) is 4.50. The molecule has 0 aliphatic heterocycles. The van der Waals surface area contributed by atoms with Gasteiger partial charge in [0, 0.05) is 21.3 Å². The van der Waals surface area contributed by atoms with Crippen molar-refractivity contribution in [3.8, 4) is 0 Å². The number of carbonyl (C=O) groups is 1. The van der Waals surface area contributed by atoms with E-state index in [0.29, 0.717) is 16.5 Å². The van der Waals surface area contributed by atoms with E-state index < -0.39 is 5.97 Å². The lowest BCUT2D eigenvalue weighted by molar-refractivity contribution is -0.136. The SMILES string of the molecule is Cc1nc(Cc2c(Cl)cccc2Cl)sc1CC(=O)O. The first-order valence-electron chi connectivity index (χ1n) is 5.57. The Balaban J connectivity index is 2.27. The van der Waals surface area contributed by atoms with E-state index in [9.17, 15) is 4.79 Å². The summed E-state index contributed by atoms with van der Waals surface area (Å²) in [5, 5.41) is 10.8. The summed E-state index contributed by atoms with van der Waals surface area (Å²) >= 11 is 13.6. The molecule has 1 aromatic heterocycles. The van der Waals surface area contributed by atoms with Gasteiger partial charge in [0.15, 0.2) is 0 Å². The number of benzene rings is 1. The molecule has 0 amide bonds. The van der Waals surface area contributed by atoms with E-state index in [1.807, 2.05) is 6.92 Å². The highest BCUT2D eigenvalue weighted by Gasteiger charge is 2.13. The normalized spacial score (nSPS) is 10.7. The molecule has 6 heteroatoms. The van der Waals surface area contributed by atoms with Crippen molar-refractivity contribution in [2.75, 3.05) is 0 Å². The minimum Gasteiger partial charge on any atom is -0.481 e. The Morgan fingerprint density at radius 3 is 2.58 bits per heavy atom. The van der Waals surface area contributed by atoms with Crippen LogP contribution in [0.5, 0.6) is 0 Å².